The van der Waals surface area contributed by atoms with E-state index in [1.54, 1.807) is 0 Å². The molecule has 1 unspecified atom stereocenters. The van der Waals surface area contributed by atoms with Crippen molar-refractivity contribution in [2.75, 3.05) is 26.3 Å². The maximum atomic E-state index is 11.9. The lowest BCUT2D eigenvalue weighted by Gasteiger charge is -2.33. The summed E-state index contributed by atoms with van der Waals surface area (Å²) in [6.45, 7) is 8.49. The van der Waals surface area contributed by atoms with Crippen molar-refractivity contribution in [3.05, 3.63) is 0 Å². The minimum atomic E-state index is -0.274. The second kappa shape index (κ2) is 6.86. The van der Waals surface area contributed by atoms with Crippen LogP contribution in [0.4, 0.5) is 0 Å². The summed E-state index contributed by atoms with van der Waals surface area (Å²) in [6.07, 6.45) is 1.81. The first-order chi connectivity index (χ1) is 7.69. The van der Waals surface area contributed by atoms with Crippen molar-refractivity contribution >= 4 is 5.91 Å². The van der Waals surface area contributed by atoms with Crippen LogP contribution in [0.2, 0.25) is 0 Å². The van der Waals surface area contributed by atoms with E-state index in [0.29, 0.717) is 19.8 Å². The lowest BCUT2D eigenvalue weighted by atomic mass is 9.99. The molecule has 1 rings (SSSR count). The lowest BCUT2D eigenvalue weighted by molar-refractivity contribution is -0.163. The molecular formula is C12H23NO3. The summed E-state index contributed by atoms with van der Waals surface area (Å²) in [7, 11) is 0. The van der Waals surface area contributed by atoms with Crippen LogP contribution in [0.5, 0.6) is 0 Å². The summed E-state index contributed by atoms with van der Waals surface area (Å²) in [4.78, 5) is 13.7. The van der Waals surface area contributed by atoms with Gasteiger partial charge in [0.05, 0.1) is 6.54 Å². The van der Waals surface area contributed by atoms with E-state index in [9.17, 15) is 4.79 Å². The number of nitrogens with zero attached hydrogens (tertiary/aromatic N) is 1. The first kappa shape index (κ1) is 13.5. The zero-order chi connectivity index (χ0) is 12.0. The average Bonchev–Trinajstić information content (AvgIpc) is 2.25. The molecule has 0 spiro atoms. The number of hydrogen-bond donors (Lipinski definition) is 0. The molecule has 4 nitrogen and oxygen atoms in total. The molecule has 0 N–H and O–H groups in total. The SMILES string of the molecule is CCOC(CN1CCCC(C)C1=O)OCC. The number of ether oxygens (including phenoxy) is 2. The molecule has 0 aliphatic carbocycles. The van der Waals surface area contributed by atoms with Gasteiger partial charge in [-0.05, 0) is 26.7 Å². The Kier molecular flexibility index (Phi) is 5.77. The van der Waals surface area contributed by atoms with Gasteiger partial charge < -0.3 is 14.4 Å². The molecule has 1 heterocycles. The highest BCUT2D eigenvalue weighted by atomic mass is 16.7. The maximum absolute atomic E-state index is 11.9. The van der Waals surface area contributed by atoms with Crippen molar-refractivity contribution in [3.8, 4) is 0 Å². The van der Waals surface area contributed by atoms with Crippen LogP contribution in [0.25, 0.3) is 0 Å². The third-order valence-electron chi connectivity index (χ3n) is 2.87. The molecule has 16 heavy (non-hydrogen) atoms. The van der Waals surface area contributed by atoms with Gasteiger partial charge in [0.1, 0.15) is 0 Å². The van der Waals surface area contributed by atoms with Gasteiger partial charge in [0.15, 0.2) is 6.29 Å². The van der Waals surface area contributed by atoms with Crippen LogP contribution in [-0.2, 0) is 14.3 Å². The molecule has 1 atom stereocenters. The fourth-order valence-electron chi connectivity index (χ4n) is 2.02. The molecule has 1 aliphatic rings. The summed E-state index contributed by atoms with van der Waals surface area (Å²) < 4.78 is 10.9. The van der Waals surface area contributed by atoms with Gasteiger partial charge in [0.2, 0.25) is 5.91 Å². The van der Waals surface area contributed by atoms with Crippen LogP contribution in [0, 0.1) is 5.92 Å². The second-order valence-electron chi connectivity index (χ2n) is 4.17. The van der Waals surface area contributed by atoms with Crippen molar-refractivity contribution in [3.63, 3.8) is 0 Å². The lowest BCUT2D eigenvalue weighted by Crippen LogP contribution is -2.45. The van der Waals surface area contributed by atoms with E-state index in [-0.39, 0.29) is 18.1 Å². The van der Waals surface area contributed by atoms with E-state index >= 15 is 0 Å². The quantitative estimate of drug-likeness (QED) is 0.650. The van der Waals surface area contributed by atoms with E-state index in [4.69, 9.17) is 9.47 Å². The number of hydrogen-bond acceptors (Lipinski definition) is 3. The molecule has 1 aliphatic heterocycles. The number of carbonyl (C=O) groups excluding carboxylic acids is 1. The Labute approximate surface area is 97.9 Å². The van der Waals surface area contributed by atoms with Crippen LogP contribution in [0.3, 0.4) is 0 Å². The summed E-state index contributed by atoms with van der Waals surface area (Å²) in [5.41, 5.74) is 0. The maximum Gasteiger partial charge on any atom is 0.225 e. The molecular weight excluding hydrogens is 206 g/mol. The zero-order valence-electron chi connectivity index (χ0n) is 10.6. The smallest absolute Gasteiger partial charge is 0.225 e. The average molecular weight is 229 g/mol. The van der Waals surface area contributed by atoms with Gasteiger partial charge >= 0.3 is 0 Å². The predicted molar refractivity (Wildman–Crippen MR) is 62.0 cm³/mol. The fourth-order valence-corrected chi connectivity index (χ4v) is 2.02. The topological polar surface area (TPSA) is 38.8 Å². The molecule has 0 saturated carbocycles. The van der Waals surface area contributed by atoms with E-state index in [1.165, 1.54) is 0 Å². The highest BCUT2D eigenvalue weighted by Gasteiger charge is 2.27. The van der Waals surface area contributed by atoms with Crippen LogP contribution in [0.1, 0.15) is 33.6 Å². The third-order valence-corrected chi connectivity index (χ3v) is 2.87. The van der Waals surface area contributed by atoms with Gasteiger partial charge in [0, 0.05) is 25.7 Å². The highest BCUT2D eigenvalue weighted by Crippen LogP contribution is 2.17. The summed E-state index contributed by atoms with van der Waals surface area (Å²) in [5.74, 6) is 0.383. The fraction of sp³-hybridized carbons (Fsp3) is 0.917. The zero-order valence-corrected chi connectivity index (χ0v) is 10.6. The van der Waals surface area contributed by atoms with Crippen LogP contribution in [-0.4, -0.2) is 43.4 Å². The standard InChI is InChI=1S/C12H23NO3/c1-4-15-11(16-5-2)9-13-8-6-7-10(3)12(13)14/h10-11H,4-9H2,1-3H3. The number of carbonyl (C=O) groups is 1. The Morgan fingerprint density at radius 1 is 1.38 bits per heavy atom. The van der Waals surface area contributed by atoms with Crippen molar-refractivity contribution in [2.45, 2.75) is 39.9 Å². The van der Waals surface area contributed by atoms with Crippen molar-refractivity contribution < 1.29 is 14.3 Å². The third kappa shape index (κ3) is 3.76. The van der Waals surface area contributed by atoms with E-state index in [0.717, 1.165) is 19.4 Å². The molecule has 1 saturated heterocycles. The Bertz CT molecular complexity index is 214. The van der Waals surface area contributed by atoms with Crippen molar-refractivity contribution in [1.29, 1.82) is 0 Å². The van der Waals surface area contributed by atoms with E-state index in [1.807, 2.05) is 25.7 Å². The predicted octanol–water partition coefficient (Wildman–Crippen LogP) is 1.64. The monoisotopic (exact) mass is 229 g/mol. The van der Waals surface area contributed by atoms with Gasteiger partial charge in [-0.25, -0.2) is 0 Å². The number of likely N-dealkylation sites (tertiary alicyclic amines) is 1. The van der Waals surface area contributed by atoms with E-state index in [2.05, 4.69) is 0 Å². The first-order valence-electron chi connectivity index (χ1n) is 6.21. The van der Waals surface area contributed by atoms with Crippen molar-refractivity contribution in [1.82, 2.24) is 4.90 Å². The molecule has 1 fully saturated rings. The van der Waals surface area contributed by atoms with Crippen LogP contribution < -0.4 is 0 Å². The Morgan fingerprint density at radius 2 is 2.00 bits per heavy atom. The molecule has 0 aromatic heterocycles. The van der Waals surface area contributed by atoms with Crippen molar-refractivity contribution in [2.24, 2.45) is 5.92 Å². The van der Waals surface area contributed by atoms with Gasteiger partial charge in [-0.15, -0.1) is 0 Å². The molecule has 1 amide bonds. The minimum Gasteiger partial charge on any atom is -0.351 e. The molecule has 94 valence electrons. The molecule has 0 aromatic carbocycles. The molecule has 0 bridgehead atoms. The number of piperidine rings is 1. The summed E-state index contributed by atoms with van der Waals surface area (Å²) in [6, 6.07) is 0. The molecule has 4 heteroatoms. The summed E-state index contributed by atoms with van der Waals surface area (Å²) >= 11 is 0. The second-order valence-corrected chi connectivity index (χ2v) is 4.17. The Balaban J connectivity index is 2.45. The first-order valence-corrected chi connectivity index (χ1v) is 6.21. The minimum absolute atomic E-state index is 0.151. The highest BCUT2D eigenvalue weighted by molar-refractivity contribution is 5.79. The Morgan fingerprint density at radius 3 is 2.56 bits per heavy atom. The van der Waals surface area contributed by atoms with Crippen LogP contribution >= 0.6 is 0 Å². The Hall–Kier alpha value is -0.610. The number of rotatable bonds is 6. The van der Waals surface area contributed by atoms with Gasteiger partial charge in [0.25, 0.3) is 0 Å². The van der Waals surface area contributed by atoms with Gasteiger partial charge in [-0.1, -0.05) is 6.92 Å². The largest absolute Gasteiger partial charge is 0.351 e. The summed E-state index contributed by atoms with van der Waals surface area (Å²) in [5, 5.41) is 0. The van der Waals surface area contributed by atoms with E-state index < -0.39 is 0 Å². The normalized spacial score (nSPS) is 21.9. The number of amides is 1. The molecule has 0 aromatic rings. The molecule has 0 radical (unpaired) electrons. The van der Waals surface area contributed by atoms with Crippen LogP contribution in [0.15, 0.2) is 0 Å². The van der Waals surface area contributed by atoms with Gasteiger partial charge in [-0.3, -0.25) is 4.79 Å². The van der Waals surface area contributed by atoms with Gasteiger partial charge in [-0.2, -0.15) is 0 Å².